The SMILES string of the molecule is Cc1ccc(OC(CN)C(C)(C)C)cc1C. The summed E-state index contributed by atoms with van der Waals surface area (Å²) in [6.45, 7) is 11.2. The van der Waals surface area contributed by atoms with Crippen LogP contribution in [0.1, 0.15) is 31.9 Å². The van der Waals surface area contributed by atoms with E-state index in [9.17, 15) is 0 Å². The average Bonchev–Trinajstić information content (AvgIpc) is 2.18. The zero-order chi connectivity index (χ0) is 12.3. The Hall–Kier alpha value is -1.02. The van der Waals surface area contributed by atoms with Crippen molar-refractivity contribution in [2.24, 2.45) is 11.1 Å². The first-order valence-electron chi connectivity index (χ1n) is 5.78. The maximum atomic E-state index is 5.94. The van der Waals surface area contributed by atoms with E-state index in [1.165, 1.54) is 11.1 Å². The summed E-state index contributed by atoms with van der Waals surface area (Å²) in [7, 11) is 0. The molecule has 0 saturated heterocycles. The zero-order valence-corrected chi connectivity index (χ0v) is 11.0. The van der Waals surface area contributed by atoms with Crippen LogP contribution in [0.4, 0.5) is 0 Å². The van der Waals surface area contributed by atoms with E-state index in [2.05, 4.69) is 46.8 Å². The summed E-state index contributed by atoms with van der Waals surface area (Å²) >= 11 is 0. The predicted molar refractivity (Wildman–Crippen MR) is 68.8 cm³/mol. The van der Waals surface area contributed by atoms with Crippen molar-refractivity contribution in [3.63, 3.8) is 0 Å². The van der Waals surface area contributed by atoms with Gasteiger partial charge >= 0.3 is 0 Å². The molecule has 0 fully saturated rings. The molecule has 0 aliphatic rings. The maximum Gasteiger partial charge on any atom is 0.120 e. The summed E-state index contributed by atoms with van der Waals surface area (Å²) in [6, 6.07) is 6.17. The van der Waals surface area contributed by atoms with Crippen LogP contribution in [0.25, 0.3) is 0 Å². The molecule has 0 aliphatic carbocycles. The molecule has 2 nitrogen and oxygen atoms in total. The van der Waals surface area contributed by atoms with Gasteiger partial charge in [0, 0.05) is 12.0 Å². The molecular weight excluding hydrogens is 198 g/mol. The Morgan fingerprint density at radius 1 is 1.19 bits per heavy atom. The van der Waals surface area contributed by atoms with Crippen LogP contribution in [0.3, 0.4) is 0 Å². The number of ether oxygens (including phenoxy) is 1. The molecule has 0 bridgehead atoms. The molecule has 1 aromatic rings. The lowest BCUT2D eigenvalue weighted by Gasteiger charge is -2.30. The lowest BCUT2D eigenvalue weighted by molar-refractivity contribution is 0.0941. The number of aryl methyl sites for hydroxylation is 2. The second-order valence-electron chi connectivity index (χ2n) is 5.45. The number of nitrogens with two attached hydrogens (primary N) is 1. The van der Waals surface area contributed by atoms with Crippen LogP contribution < -0.4 is 10.5 Å². The summed E-state index contributed by atoms with van der Waals surface area (Å²) in [6.07, 6.45) is 0.0506. The second-order valence-corrected chi connectivity index (χ2v) is 5.45. The van der Waals surface area contributed by atoms with E-state index >= 15 is 0 Å². The van der Waals surface area contributed by atoms with Gasteiger partial charge in [-0.2, -0.15) is 0 Å². The van der Waals surface area contributed by atoms with Gasteiger partial charge in [-0.15, -0.1) is 0 Å². The van der Waals surface area contributed by atoms with Crippen molar-refractivity contribution in [2.45, 2.75) is 40.7 Å². The molecular formula is C14H23NO. The molecule has 1 aromatic carbocycles. The average molecular weight is 221 g/mol. The first-order chi connectivity index (χ1) is 7.34. The smallest absolute Gasteiger partial charge is 0.120 e. The molecule has 2 N–H and O–H groups in total. The zero-order valence-electron chi connectivity index (χ0n) is 11.0. The first-order valence-corrected chi connectivity index (χ1v) is 5.78. The molecule has 0 spiro atoms. The quantitative estimate of drug-likeness (QED) is 0.851. The van der Waals surface area contributed by atoms with Gasteiger partial charge in [-0.3, -0.25) is 0 Å². The standard InChI is InChI=1S/C14H23NO/c1-10-6-7-12(8-11(10)2)16-13(9-15)14(3,4)5/h6-8,13H,9,15H2,1-5H3. The van der Waals surface area contributed by atoms with E-state index in [-0.39, 0.29) is 11.5 Å². The minimum Gasteiger partial charge on any atom is -0.489 e. The molecule has 2 heteroatoms. The van der Waals surface area contributed by atoms with Crippen molar-refractivity contribution in [3.05, 3.63) is 29.3 Å². The van der Waals surface area contributed by atoms with Crippen LogP contribution in [-0.4, -0.2) is 12.6 Å². The molecule has 0 radical (unpaired) electrons. The molecule has 90 valence electrons. The van der Waals surface area contributed by atoms with Crippen molar-refractivity contribution in [3.8, 4) is 5.75 Å². The Kier molecular flexibility index (Phi) is 3.98. The fourth-order valence-electron chi connectivity index (χ4n) is 1.53. The van der Waals surface area contributed by atoms with Crippen LogP contribution in [0.2, 0.25) is 0 Å². The van der Waals surface area contributed by atoms with Crippen molar-refractivity contribution in [1.82, 2.24) is 0 Å². The van der Waals surface area contributed by atoms with Crippen molar-refractivity contribution in [1.29, 1.82) is 0 Å². The van der Waals surface area contributed by atoms with Crippen molar-refractivity contribution in [2.75, 3.05) is 6.54 Å². The molecule has 0 aliphatic heterocycles. The molecule has 16 heavy (non-hydrogen) atoms. The van der Waals surface area contributed by atoms with Gasteiger partial charge in [-0.05, 0) is 37.1 Å². The van der Waals surface area contributed by atoms with Crippen molar-refractivity contribution >= 4 is 0 Å². The molecule has 1 unspecified atom stereocenters. The molecule has 1 atom stereocenters. The Balaban J connectivity index is 2.83. The normalized spacial score (nSPS) is 13.6. The highest BCUT2D eigenvalue weighted by Crippen LogP contribution is 2.25. The second kappa shape index (κ2) is 4.88. The van der Waals surface area contributed by atoms with E-state index in [0.29, 0.717) is 6.54 Å². The summed E-state index contributed by atoms with van der Waals surface area (Å²) in [5.41, 5.74) is 8.35. The van der Waals surface area contributed by atoms with Gasteiger partial charge in [0.05, 0.1) is 0 Å². The van der Waals surface area contributed by atoms with E-state index in [4.69, 9.17) is 10.5 Å². The number of benzene rings is 1. The van der Waals surface area contributed by atoms with Crippen LogP contribution in [-0.2, 0) is 0 Å². The summed E-state index contributed by atoms with van der Waals surface area (Å²) in [5, 5.41) is 0. The number of hydrogen-bond donors (Lipinski definition) is 1. The van der Waals surface area contributed by atoms with Crippen molar-refractivity contribution < 1.29 is 4.74 Å². The van der Waals surface area contributed by atoms with Crippen LogP contribution in [0.15, 0.2) is 18.2 Å². The lowest BCUT2D eigenvalue weighted by atomic mass is 9.89. The summed E-state index contributed by atoms with van der Waals surface area (Å²) in [4.78, 5) is 0. The highest BCUT2D eigenvalue weighted by Gasteiger charge is 2.25. The third-order valence-electron chi connectivity index (χ3n) is 2.94. The predicted octanol–water partition coefficient (Wildman–Crippen LogP) is 3.06. The van der Waals surface area contributed by atoms with Gasteiger partial charge in [-0.1, -0.05) is 26.8 Å². The third-order valence-corrected chi connectivity index (χ3v) is 2.94. The summed E-state index contributed by atoms with van der Waals surface area (Å²) < 4.78 is 5.94. The molecule has 0 heterocycles. The number of hydrogen-bond acceptors (Lipinski definition) is 2. The minimum atomic E-state index is 0.0506. The van der Waals surface area contributed by atoms with E-state index in [1.807, 2.05) is 6.07 Å². The molecule has 1 rings (SSSR count). The highest BCUT2D eigenvalue weighted by molar-refractivity contribution is 5.34. The Labute approximate surface area is 98.8 Å². The minimum absolute atomic E-state index is 0.0506. The van der Waals surface area contributed by atoms with Crippen LogP contribution >= 0.6 is 0 Å². The largest absolute Gasteiger partial charge is 0.489 e. The molecule has 0 amide bonds. The van der Waals surface area contributed by atoms with E-state index in [1.54, 1.807) is 0 Å². The van der Waals surface area contributed by atoms with Gasteiger partial charge < -0.3 is 10.5 Å². The maximum absolute atomic E-state index is 5.94. The monoisotopic (exact) mass is 221 g/mol. The Morgan fingerprint density at radius 2 is 1.81 bits per heavy atom. The molecule has 0 saturated carbocycles. The Bertz CT molecular complexity index is 352. The van der Waals surface area contributed by atoms with E-state index < -0.39 is 0 Å². The highest BCUT2D eigenvalue weighted by atomic mass is 16.5. The van der Waals surface area contributed by atoms with Crippen LogP contribution in [0.5, 0.6) is 5.75 Å². The molecule has 0 aromatic heterocycles. The fourth-order valence-corrected chi connectivity index (χ4v) is 1.53. The van der Waals surface area contributed by atoms with E-state index in [0.717, 1.165) is 5.75 Å². The summed E-state index contributed by atoms with van der Waals surface area (Å²) in [5.74, 6) is 0.911. The topological polar surface area (TPSA) is 35.2 Å². The Morgan fingerprint density at radius 3 is 2.25 bits per heavy atom. The first kappa shape index (κ1) is 13.0. The fraction of sp³-hybridized carbons (Fsp3) is 0.571. The van der Waals surface area contributed by atoms with Gasteiger partial charge in [0.15, 0.2) is 0 Å². The van der Waals surface area contributed by atoms with Gasteiger partial charge in [-0.25, -0.2) is 0 Å². The van der Waals surface area contributed by atoms with Gasteiger partial charge in [0.1, 0.15) is 11.9 Å². The van der Waals surface area contributed by atoms with Gasteiger partial charge in [0.2, 0.25) is 0 Å². The third kappa shape index (κ3) is 3.24. The van der Waals surface area contributed by atoms with Gasteiger partial charge in [0.25, 0.3) is 0 Å². The lowest BCUT2D eigenvalue weighted by Crippen LogP contribution is -2.38. The number of rotatable bonds is 3. The van der Waals surface area contributed by atoms with Crippen LogP contribution in [0, 0.1) is 19.3 Å².